The smallest absolute Gasteiger partial charge is 0.272 e. The number of pyridine rings is 2. The van der Waals surface area contributed by atoms with E-state index in [1.54, 1.807) is 23.2 Å². The molecule has 1 atom stereocenters. The van der Waals surface area contributed by atoms with Crippen LogP contribution in [0.25, 0.3) is 10.9 Å². The molecule has 1 aliphatic rings. The third kappa shape index (κ3) is 2.93. The zero-order valence-electron chi connectivity index (χ0n) is 13.1. The summed E-state index contributed by atoms with van der Waals surface area (Å²) < 4.78 is 5.97. The SMILES string of the molecule is O=C(c1ccccn1)N1CCC(Oc2ccc3ccccc3n2)C1. The van der Waals surface area contributed by atoms with Crippen LogP contribution >= 0.6 is 0 Å². The van der Waals surface area contributed by atoms with Crippen molar-refractivity contribution < 1.29 is 9.53 Å². The second-order valence-electron chi connectivity index (χ2n) is 5.84. The van der Waals surface area contributed by atoms with Crippen molar-refractivity contribution in [3.8, 4) is 5.88 Å². The van der Waals surface area contributed by atoms with E-state index in [0.717, 1.165) is 17.3 Å². The number of hydrogen-bond acceptors (Lipinski definition) is 4. The summed E-state index contributed by atoms with van der Waals surface area (Å²) >= 11 is 0. The van der Waals surface area contributed by atoms with E-state index >= 15 is 0 Å². The minimum atomic E-state index is -0.0480. The Hall–Kier alpha value is -2.95. The van der Waals surface area contributed by atoms with Gasteiger partial charge in [0.2, 0.25) is 5.88 Å². The molecule has 3 aromatic rings. The first-order valence-electron chi connectivity index (χ1n) is 8.02. The quantitative estimate of drug-likeness (QED) is 0.745. The van der Waals surface area contributed by atoms with E-state index in [9.17, 15) is 4.79 Å². The third-order valence-electron chi connectivity index (χ3n) is 4.18. The highest BCUT2D eigenvalue weighted by Crippen LogP contribution is 2.21. The van der Waals surface area contributed by atoms with Gasteiger partial charge in [-0.1, -0.05) is 24.3 Å². The van der Waals surface area contributed by atoms with Crippen LogP contribution in [0.4, 0.5) is 0 Å². The second kappa shape index (κ2) is 6.28. The van der Waals surface area contributed by atoms with Gasteiger partial charge in [-0.05, 0) is 24.3 Å². The van der Waals surface area contributed by atoms with E-state index in [1.165, 1.54) is 0 Å². The molecule has 24 heavy (non-hydrogen) atoms. The Morgan fingerprint density at radius 2 is 1.96 bits per heavy atom. The van der Waals surface area contributed by atoms with E-state index in [2.05, 4.69) is 9.97 Å². The molecule has 0 N–H and O–H groups in total. The van der Waals surface area contributed by atoms with Crippen LogP contribution in [0.5, 0.6) is 5.88 Å². The molecule has 1 aromatic carbocycles. The zero-order valence-corrected chi connectivity index (χ0v) is 13.1. The number of nitrogens with zero attached hydrogens (tertiary/aromatic N) is 3. The first-order chi connectivity index (χ1) is 11.8. The monoisotopic (exact) mass is 319 g/mol. The van der Waals surface area contributed by atoms with Gasteiger partial charge in [-0.3, -0.25) is 9.78 Å². The minimum Gasteiger partial charge on any atom is -0.472 e. The van der Waals surface area contributed by atoms with Gasteiger partial charge in [-0.2, -0.15) is 0 Å². The van der Waals surface area contributed by atoms with Crippen LogP contribution in [0.15, 0.2) is 60.8 Å². The maximum atomic E-state index is 12.4. The Labute approximate surface area is 139 Å². The van der Waals surface area contributed by atoms with Gasteiger partial charge in [-0.25, -0.2) is 4.98 Å². The molecule has 3 heterocycles. The zero-order chi connectivity index (χ0) is 16.4. The van der Waals surface area contributed by atoms with Gasteiger partial charge in [0.1, 0.15) is 11.8 Å². The van der Waals surface area contributed by atoms with Gasteiger partial charge in [0.05, 0.1) is 12.1 Å². The number of para-hydroxylation sites is 1. The van der Waals surface area contributed by atoms with Gasteiger partial charge < -0.3 is 9.64 Å². The second-order valence-corrected chi connectivity index (χ2v) is 5.84. The van der Waals surface area contributed by atoms with Gasteiger partial charge in [0.15, 0.2) is 0 Å². The van der Waals surface area contributed by atoms with Crippen molar-refractivity contribution in [2.75, 3.05) is 13.1 Å². The molecular weight excluding hydrogens is 302 g/mol. The summed E-state index contributed by atoms with van der Waals surface area (Å²) in [6.45, 7) is 1.23. The predicted octanol–water partition coefficient (Wildman–Crippen LogP) is 2.92. The van der Waals surface area contributed by atoms with Gasteiger partial charge >= 0.3 is 0 Å². The van der Waals surface area contributed by atoms with Crippen LogP contribution in [0.3, 0.4) is 0 Å². The van der Waals surface area contributed by atoms with Crippen molar-refractivity contribution in [2.45, 2.75) is 12.5 Å². The molecular formula is C19H17N3O2. The lowest BCUT2D eigenvalue weighted by atomic mass is 10.2. The Morgan fingerprint density at radius 1 is 1.08 bits per heavy atom. The van der Waals surface area contributed by atoms with E-state index in [1.807, 2.05) is 42.5 Å². The number of amides is 1. The average Bonchev–Trinajstić information content (AvgIpc) is 3.10. The fourth-order valence-electron chi connectivity index (χ4n) is 2.94. The van der Waals surface area contributed by atoms with Gasteiger partial charge in [0.25, 0.3) is 5.91 Å². The summed E-state index contributed by atoms with van der Waals surface area (Å²) in [6.07, 6.45) is 2.40. The minimum absolute atomic E-state index is 0.0358. The molecule has 2 aromatic heterocycles. The summed E-state index contributed by atoms with van der Waals surface area (Å²) in [7, 11) is 0. The first kappa shape index (κ1) is 14.6. The number of benzene rings is 1. The number of hydrogen-bond donors (Lipinski definition) is 0. The highest BCUT2D eigenvalue weighted by molar-refractivity contribution is 5.92. The molecule has 1 fully saturated rings. The molecule has 5 nitrogen and oxygen atoms in total. The maximum absolute atomic E-state index is 12.4. The molecule has 120 valence electrons. The standard InChI is InChI=1S/C19H17N3O2/c23-19(17-7-3-4-11-20-17)22-12-10-15(13-22)24-18-9-8-14-5-1-2-6-16(14)21-18/h1-9,11,15H,10,12-13H2. The van der Waals surface area contributed by atoms with Crippen LogP contribution in [-0.2, 0) is 0 Å². The lowest BCUT2D eigenvalue weighted by molar-refractivity contribution is 0.0765. The molecule has 4 rings (SSSR count). The number of carbonyl (C=O) groups is 1. The Kier molecular flexibility index (Phi) is 3.83. The average molecular weight is 319 g/mol. The molecule has 5 heteroatoms. The summed E-state index contributed by atoms with van der Waals surface area (Å²) in [5.41, 5.74) is 1.39. The van der Waals surface area contributed by atoms with E-state index in [0.29, 0.717) is 24.7 Å². The Balaban J connectivity index is 1.44. The van der Waals surface area contributed by atoms with Crippen molar-refractivity contribution >= 4 is 16.8 Å². The Morgan fingerprint density at radius 3 is 2.83 bits per heavy atom. The van der Waals surface area contributed by atoms with Gasteiger partial charge in [0, 0.05) is 30.6 Å². The summed E-state index contributed by atoms with van der Waals surface area (Å²) in [5.74, 6) is 0.555. The maximum Gasteiger partial charge on any atom is 0.272 e. The number of likely N-dealkylation sites (tertiary alicyclic amines) is 1. The fourth-order valence-corrected chi connectivity index (χ4v) is 2.94. The van der Waals surface area contributed by atoms with Crippen LogP contribution in [0.1, 0.15) is 16.9 Å². The number of aromatic nitrogens is 2. The lowest BCUT2D eigenvalue weighted by Crippen LogP contribution is -2.31. The lowest BCUT2D eigenvalue weighted by Gasteiger charge is -2.16. The van der Waals surface area contributed by atoms with Crippen molar-refractivity contribution in [2.24, 2.45) is 0 Å². The van der Waals surface area contributed by atoms with Crippen molar-refractivity contribution in [3.63, 3.8) is 0 Å². The van der Waals surface area contributed by atoms with E-state index in [4.69, 9.17) is 4.74 Å². The number of fused-ring (bicyclic) bond motifs is 1. The van der Waals surface area contributed by atoms with E-state index < -0.39 is 0 Å². The topological polar surface area (TPSA) is 55.3 Å². The largest absolute Gasteiger partial charge is 0.472 e. The highest BCUT2D eigenvalue weighted by Gasteiger charge is 2.29. The molecule has 0 bridgehead atoms. The highest BCUT2D eigenvalue weighted by atomic mass is 16.5. The van der Waals surface area contributed by atoms with Crippen molar-refractivity contribution in [1.82, 2.24) is 14.9 Å². The molecule has 0 aliphatic carbocycles. The fraction of sp³-hybridized carbons (Fsp3) is 0.211. The van der Waals surface area contributed by atoms with Gasteiger partial charge in [-0.15, -0.1) is 0 Å². The molecule has 1 saturated heterocycles. The predicted molar refractivity (Wildman–Crippen MR) is 90.9 cm³/mol. The van der Waals surface area contributed by atoms with Crippen LogP contribution in [0, 0.1) is 0 Å². The van der Waals surface area contributed by atoms with Crippen LogP contribution in [0.2, 0.25) is 0 Å². The normalized spacial score (nSPS) is 17.2. The Bertz CT molecular complexity index is 867. The number of rotatable bonds is 3. The number of ether oxygens (including phenoxy) is 1. The first-order valence-corrected chi connectivity index (χ1v) is 8.02. The van der Waals surface area contributed by atoms with E-state index in [-0.39, 0.29) is 12.0 Å². The molecule has 0 saturated carbocycles. The summed E-state index contributed by atoms with van der Waals surface area (Å²) in [5, 5.41) is 1.09. The van der Waals surface area contributed by atoms with Crippen LogP contribution < -0.4 is 4.74 Å². The van der Waals surface area contributed by atoms with Crippen molar-refractivity contribution in [1.29, 1.82) is 0 Å². The molecule has 0 radical (unpaired) electrons. The van der Waals surface area contributed by atoms with Crippen molar-refractivity contribution in [3.05, 3.63) is 66.5 Å². The summed E-state index contributed by atoms with van der Waals surface area (Å²) in [6, 6.07) is 17.2. The number of carbonyl (C=O) groups excluding carboxylic acids is 1. The molecule has 0 spiro atoms. The van der Waals surface area contributed by atoms with Crippen LogP contribution in [-0.4, -0.2) is 40.0 Å². The molecule has 1 aliphatic heterocycles. The third-order valence-corrected chi connectivity index (χ3v) is 4.18. The molecule has 1 unspecified atom stereocenters. The summed E-state index contributed by atoms with van der Waals surface area (Å²) in [4.78, 5) is 22.8. The molecule has 1 amide bonds.